The molecule has 1 fully saturated rings. The summed E-state index contributed by atoms with van der Waals surface area (Å²) in [6.45, 7) is 4.79. The summed E-state index contributed by atoms with van der Waals surface area (Å²) < 4.78 is 22.3. The van der Waals surface area contributed by atoms with Crippen molar-refractivity contribution in [3.05, 3.63) is 65.1 Å². The van der Waals surface area contributed by atoms with Gasteiger partial charge >= 0.3 is 0 Å². The van der Waals surface area contributed by atoms with Gasteiger partial charge in [0.1, 0.15) is 11.5 Å². The average molecular weight is 435 g/mol. The lowest BCUT2D eigenvalue weighted by Gasteiger charge is -2.35. The average Bonchev–Trinajstić information content (AvgIpc) is 3.40. The quantitative estimate of drug-likeness (QED) is 0.395. The largest absolute Gasteiger partial charge is 0.375 e. The molecule has 1 aliphatic rings. The lowest BCUT2D eigenvalue weighted by molar-refractivity contribution is -0.0705. The van der Waals surface area contributed by atoms with Gasteiger partial charge in [0.25, 0.3) is 0 Å². The maximum absolute atomic E-state index is 14.5. The van der Waals surface area contributed by atoms with Crippen LogP contribution in [0.15, 0.2) is 59.3 Å². The van der Waals surface area contributed by atoms with Crippen LogP contribution in [0.1, 0.15) is 32.7 Å². The summed E-state index contributed by atoms with van der Waals surface area (Å²) in [7, 11) is 0. The van der Waals surface area contributed by atoms with Gasteiger partial charge in [-0.3, -0.25) is 0 Å². The van der Waals surface area contributed by atoms with E-state index in [1.165, 1.54) is 16.7 Å². The lowest BCUT2D eigenvalue weighted by Crippen LogP contribution is -2.35. The number of nitrogens with zero attached hydrogens (tertiary/aromatic N) is 4. The first-order valence-corrected chi connectivity index (χ1v) is 11.3. The topological polar surface area (TPSA) is 52.8 Å². The van der Waals surface area contributed by atoms with E-state index >= 15 is 0 Å². The minimum absolute atomic E-state index is 0.0802. The van der Waals surface area contributed by atoms with E-state index < -0.39 is 0 Å². The van der Waals surface area contributed by atoms with Gasteiger partial charge in [-0.2, -0.15) is 0 Å². The molecule has 0 N–H and O–H groups in total. The van der Waals surface area contributed by atoms with Crippen LogP contribution >= 0.6 is 11.3 Å². The molecule has 3 aromatic heterocycles. The van der Waals surface area contributed by atoms with Crippen LogP contribution in [0.3, 0.4) is 0 Å². The Balaban J connectivity index is 1.59. The third-order valence-corrected chi connectivity index (χ3v) is 6.27. The first-order valence-electron chi connectivity index (χ1n) is 10.4. The summed E-state index contributed by atoms with van der Waals surface area (Å²) in [5, 5.41) is 8.11. The molecule has 1 atom stereocenters. The first-order chi connectivity index (χ1) is 15.0. The molecule has 0 aliphatic carbocycles. The number of pyridine rings is 1. The Kier molecular flexibility index (Phi) is 5.16. The summed E-state index contributed by atoms with van der Waals surface area (Å²) in [4.78, 5) is 9.55. The van der Waals surface area contributed by atoms with Gasteiger partial charge in [-0.15, -0.1) is 16.4 Å². The molecule has 158 valence electrons. The van der Waals surface area contributed by atoms with Crippen molar-refractivity contribution >= 4 is 11.3 Å². The second-order valence-corrected chi connectivity index (χ2v) is 9.11. The van der Waals surface area contributed by atoms with Crippen LogP contribution in [0.25, 0.3) is 34.2 Å². The third kappa shape index (κ3) is 4.03. The Hall–Kier alpha value is -2.90. The Morgan fingerprint density at radius 2 is 1.84 bits per heavy atom. The van der Waals surface area contributed by atoms with Crippen molar-refractivity contribution in [1.82, 2.24) is 19.7 Å². The van der Waals surface area contributed by atoms with Gasteiger partial charge in [-0.25, -0.2) is 19.0 Å². The van der Waals surface area contributed by atoms with Crippen LogP contribution in [0.5, 0.6) is 0 Å². The number of hydrogen-bond acceptors (Lipinski definition) is 5. The van der Waals surface area contributed by atoms with Crippen LogP contribution in [0, 0.1) is 5.82 Å². The van der Waals surface area contributed by atoms with E-state index in [4.69, 9.17) is 19.8 Å². The van der Waals surface area contributed by atoms with Crippen LogP contribution in [0.2, 0.25) is 0 Å². The van der Waals surface area contributed by atoms with Gasteiger partial charge < -0.3 is 4.74 Å². The van der Waals surface area contributed by atoms with Gasteiger partial charge in [0.05, 0.1) is 22.9 Å². The highest BCUT2D eigenvalue weighted by atomic mass is 32.1. The molecule has 0 radical (unpaired) electrons. The molecule has 0 amide bonds. The van der Waals surface area contributed by atoms with Crippen molar-refractivity contribution < 1.29 is 9.13 Å². The molecule has 1 unspecified atom stereocenters. The zero-order valence-electron chi connectivity index (χ0n) is 17.5. The minimum atomic E-state index is -0.275. The molecular formula is C24H23FN4OS. The fourth-order valence-corrected chi connectivity index (χ4v) is 4.72. The van der Waals surface area contributed by atoms with Crippen LogP contribution < -0.4 is 0 Å². The van der Waals surface area contributed by atoms with Gasteiger partial charge in [0.2, 0.25) is 0 Å². The molecule has 0 saturated carbocycles. The number of benzene rings is 1. The van der Waals surface area contributed by atoms with E-state index in [2.05, 4.69) is 13.8 Å². The molecule has 5 rings (SSSR count). The highest BCUT2D eigenvalue weighted by Gasteiger charge is 2.33. The van der Waals surface area contributed by atoms with Crippen molar-refractivity contribution in [1.29, 1.82) is 0 Å². The van der Waals surface area contributed by atoms with E-state index in [9.17, 15) is 4.39 Å². The van der Waals surface area contributed by atoms with Gasteiger partial charge in [-0.1, -0.05) is 36.4 Å². The molecular weight excluding hydrogens is 411 g/mol. The van der Waals surface area contributed by atoms with E-state index in [1.54, 1.807) is 5.38 Å². The van der Waals surface area contributed by atoms with E-state index in [1.807, 2.05) is 53.2 Å². The van der Waals surface area contributed by atoms with Crippen molar-refractivity contribution in [2.75, 3.05) is 6.61 Å². The zero-order valence-corrected chi connectivity index (χ0v) is 18.3. The molecule has 1 saturated heterocycles. The molecule has 5 nitrogen and oxygen atoms in total. The predicted molar refractivity (Wildman–Crippen MR) is 120 cm³/mol. The predicted octanol–water partition coefficient (Wildman–Crippen LogP) is 6.00. The lowest BCUT2D eigenvalue weighted by atomic mass is 9.94. The SMILES string of the molecule is CC1(C)CC(n2nc(-c3cccc(-c4ccccc4)n3)nc2-c2cscc2F)CCO1. The maximum atomic E-state index is 14.5. The number of hydrogen-bond donors (Lipinski definition) is 0. The zero-order chi connectivity index (χ0) is 21.4. The van der Waals surface area contributed by atoms with Crippen molar-refractivity contribution in [3.8, 4) is 34.2 Å². The number of thiophene rings is 1. The fraction of sp³-hybridized carbons (Fsp3) is 0.292. The van der Waals surface area contributed by atoms with E-state index in [0.717, 1.165) is 24.1 Å². The van der Waals surface area contributed by atoms with Crippen molar-refractivity contribution in [2.24, 2.45) is 0 Å². The molecule has 1 aliphatic heterocycles. The summed E-state index contributed by atoms with van der Waals surface area (Å²) in [5.41, 5.74) is 2.77. The fourth-order valence-electron chi connectivity index (χ4n) is 4.05. The Morgan fingerprint density at radius 3 is 2.58 bits per heavy atom. The molecule has 0 bridgehead atoms. The molecule has 0 spiro atoms. The summed E-state index contributed by atoms with van der Waals surface area (Å²) in [5.74, 6) is 0.772. The molecule has 1 aromatic carbocycles. The molecule has 4 aromatic rings. The molecule has 7 heteroatoms. The Morgan fingerprint density at radius 1 is 1.03 bits per heavy atom. The molecule has 4 heterocycles. The Bertz CT molecular complexity index is 1200. The van der Waals surface area contributed by atoms with Crippen LogP contribution in [-0.2, 0) is 4.74 Å². The second kappa shape index (κ2) is 7.98. The van der Waals surface area contributed by atoms with Gasteiger partial charge in [-0.05, 0) is 38.8 Å². The third-order valence-electron chi connectivity index (χ3n) is 5.55. The van der Waals surface area contributed by atoms with Crippen molar-refractivity contribution in [3.63, 3.8) is 0 Å². The summed E-state index contributed by atoms with van der Waals surface area (Å²) in [6, 6.07) is 15.9. The minimum Gasteiger partial charge on any atom is -0.375 e. The Labute approximate surface area is 184 Å². The smallest absolute Gasteiger partial charge is 0.200 e. The highest BCUT2D eigenvalue weighted by molar-refractivity contribution is 7.08. The van der Waals surface area contributed by atoms with Crippen LogP contribution in [-0.4, -0.2) is 32.0 Å². The number of ether oxygens (including phenoxy) is 1. The standard InChI is InChI=1S/C24H23FN4OS/c1-24(2)13-17(11-12-30-24)29-23(18-14-31-15-19(18)25)27-22(28-29)21-10-6-9-20(26-21)16-7-4-3-5-8-16/h3-10,14-15,17H,11-13H2,1-2H3. The maximum Gasteiger partial charge on any atom is 0.200 e. The van der Waals surface area contributed by atoms with Gasteiger partial charge in [0, 0.05) is 22.9 Å². The van der Waals surface area contributed by atoms with E-state index in [0.29, 0.717) is 29.5 Å². The number of aromatic nitrogens is 4. The normalized spacial score (nSPS) is 18.2. The van der Waals surface area contributed by atoms with Crippen molar-refractivity contribution in [2.45, 2.75) is 38.3 Å². The highest BCUT2D eigenvalue weighted by Crippen LogP contribution is 2.36. The van der Waals surface area contributed by atoms with Gasteiger partial charge in [0.15, 0.2) is 11.6 Å². The monoisotopic (exact) mass is 434 g/mol. The second-order valence-electron chi connectivity index (χ2n) is 8.37. The number of halogens is 1. The summed E-state index contributed by atoms with van der Waals surface area (Å²) in [6.07, 6.45) is 1.59. The van der Waals surface area contributed by atoms with E-state index in [-0.39, 0.29) is 17.5 Å². The molecule has 31 heavy (non-hydrogen) atoms. The van der Waals surface area contributed by atoms with Crippen LogP contribution in [0.4, 0.5) is 4.39 Å². The summed E-state index contributed by atoms with van der Waals surface area (Å²) >= 11 is 1.32. The first kappa shape index (κ1) is 20.0. The number of rotatable bonds is 4.